The molecule has 1 atom stereocenters. The van der Waals surface area contributed by atoms with Crippen LogP contribution in [0.4, 0.5) is 14.9 Å². The van der Waals surface area contributed by atoms with Crippen molar-refractivity contribution in [3.8, 4) is 11.5 Å². The third-order valence-corrected chi connectivity index (χ3v) is 4.52. The molecule has 1 fully saturated rings. The summed E-state index contributed by atoms with van der Waals surface area (Å²) in [4.78, 5) is 24.5. The second-order valence-corrected chi connectivity index (χ2v) is 6.55. The van der Waals surface area contributed by atoms with Gasteiger partial charge in [0.1, 0.15) is 11.8 Å². The number of benzene rings is 1. The smallest absolute Gasteiger partial charge is 0.414 e. The van der Waals surface area contributed by atoms with Crippen LogP contribution in [0.1, 0.15) is 12.6 Å². The van der Waals surface area contributed by atoms with Gasteiger partial charge in [-0.1, -0.05) is 5.21 Å². The van der Waals surface area contributed by atoms with Crippen LogP contribution in [0.25, 0.3) is 11.5 Å². The average molecular weight is 399 g/mol. The van der Waals surface area contributed by atoms with Gasteiger partial charge in [-0.3, -0.25) is 9.69 Å². The van der Waals surface area contributed by atoms with E-state index in [1.54, 1.807) is 36.1 Å². The van der Waals surface area contributed by atoms with Crippen LogP contribution in [0.5, 0.6) is 0 Å². The number of cyclic esters (lactones) is 1. The van der Waals surface area contributed by atoms with Crippen LogP contribution in [0.15, 0.2) is 36.7 Å². The number of hydrogen-bond acceptors (Lipinski definition) is 6. The zero-order valence-electron chi connectivity index (χ0n) is 15.7. The van der Waals surface area contributed by atoms with Gasteiger partial charge < -0.3 is 10.1 Å². The fourth-order valence-electron chi connectivity index (χ4n) is 3.09. The molecule has 29 heavy (non-hydrogen) atoms. The van der Waals surface area contributed by atoms with Crippen LogP contribution in [0, 0.1) is 12.7 Å². The van der Waals surface area contributed by atoms with Gasteiger partial charge in [0, 0.05) is 19.3 Å². The zero-order chi connectivity index (χ0) is 20.5. The van der Waals surface area contributed by atoms with Crippen molar-refractivity contribution < 1.29 is 18.7 Å². The first-order valence-corrected chi connectivity index (χ1v) is 8.89. The highest BCUT2D eigenvalue weighted by Crippen LogP contribution is 2.26. The summed E-state index contributed by atoms with van der Waals surface area (Å²) in [7, 11) is 0. The summed E-state index contributed by atoms with van der Waals surface area (Å²) in [5, 5.41) is 14.8. The molecule has 3 aromatic rings. The summed E-state index contributed by atoms with van der Waals surface area (Å²) >= 11 is 0. The predicted octanol–water partition coefficient (Wildman–Crippen LogP) is 1.36. The number of ether oxygens (including phenoxy) is 1. The molecule has 10 nitrogen and oxygen atoms in total. The minimum Gasteiger partial charge on any atom is -0.442 e. The predicted molar refractivity (Wildman–Crippen MR) is 99.5 cm³/mol. The molecule has 4 rings (SSSR count). The number of rotatable bonds is 5. The van der Waals surface area contributed by atoms with Gasteiger partial charge in [0.15, 0.2) is 11.6 Å². The van der Waals surface area contributed by atoms with Crippen molar-refractivity contribution in [3.05, 3.63) is 48.2 Å². The highest BCUT2D eigenvalue weighted by Gasteiger charge is 2.32. The lowest BCUT2D eigenvalue weighted by Crippen LogP contribution is -2.33. The summed E-state index contributed by atoms with van der Waals surface area (Å²) in [6, 6.07) is 6.12. The van der Waals surface area contributed by atoms with Crippen LogP contribution < -0.4 is 10.2 Å². The topological polar surface area (TPSA) is 107 Å². The molecule has 3 heterocycles. The molecule has 1 saturated heterocycles. The molecule has 11 heteroatoms. The summed E-state index contributed by atoms with van der Waals surface area (Å²) in [6.45, 7) is 3.55. The van der Waals surface area contributed by atoms with E-state index >= 15 is 0 Å². The molecule has 2 aromatic heterocycles. The van der Waals surface area contributed by atoms with E-state index in [-0.39, 0.29) is 24.7 Å². The summed E-state index contributed by atoms with van der Waals surface area (Å²) in [5.74, 6) is -0.296. The number of carbonyl (C=O) groups is 2. The molecule has 0 aliphatic carbocycles. The molecule has 1 aliphatic rings. The minimum absolute atomic E-state index is 0.194. The number of aromatic nitrogens is 5. The monoisotopic (exact) mass is 399 g/mol. The largest absolute Gasteiger partial charge is 0.442 e. The SMILES string of the molecule is CC(=O)NC[C@H]1CN(c2ccc(-n3nnc(-n4cccn4)c3C)c(F)c2)C(=O)O1. The van der Waals surface area contributed by atoms with E-state index in [2.05, 4.69) is 20.7 Å². The Labute approximate surface area is 164 Å². The number of nitrogens with one attached hydrogen (secondary N) is 1. The van der Waals surface area contributed by atoms with Crippen LogP contribution in [-0.4, -0.2) is 56.0 Å². The first-order valence-electron chi connectivity index (χ1n) is 8.89. The lowest BCUT2D eigenvalue weighted by atomic mass is 10.2. The van der Waals surface area contributed by atoms with Gasteiger partial charge in [-0.05, 0) is 31.2 Å². The standard InChI is InChI=1S/C18H18FN7O3/c1-11-17(25-7-3-6-21-25)22-23-26(11)16-5-4-13(8-15(16)19)24-10-14(29-18(24)28)9-20-12(2)27/h3-8,14H,9-10H2,1-2H3,(H,20,27)/t14-/m0/s1. The molecule has 1 N–H and O–H groups in total. The van der Waals surface area contributed by atoms with Gasteiger partial charge in [-0.25, -0.2) is 18.5 Å². The average Bonchev–Trinajstić information content (AvgIpc) is 3.40. The summed E-state index contributed by atoms with van der Waals surface area (Å²) in [5.41, 5.74) is 1.16. The molecule has 1 aliphatic heterocycles. The van der Waals surface area contributed by atoms with Crippen LogP contribution in [-0.2, 0) is 9.53 Å². The van der Waals surface area contributed by atoms with E-state index in [1.807, 2.05) is 0 Å². The number of nitrogens with zero attached hydrogens (tertiary/aromatic N) is 6. The Bertz CT molecular complexity index is 1060. The van der Waals surface area contributed by atoms with E-state index in [0.29, 0.717) is 17.2 Å². The van der Waals surface area contributed by atoms with Crippen molar-refractivity contribution in [1.82, 2.24) is 30.1 Å². The highest BCUT2D eigenvalue weighted by atomic mass is 19.1. The Hall–Kier alpha value is -3.76. The van der Waals surface area contributed by atoms with Gasteiger partial charge >= 0.3 is 6.09 Å². The first kappa shape index (κ1) is 18.6. The molecule has 0 radical (unpaired) electrons. The number of hydrogen-bond donors (Lipinski definition) is 1. The van der Waals surface area contributed by atoms with Crippen molar-refractivity contribution in [3.63, 3.8) is 0 Å². The number of carbonyl (C=O) groups excluding carboxylic acids is 2. The summed E-state index contributed by atoms with van der Waals surface area (Å²) < 4.78 is 23.0. The summed E-state index contributed by atoms with van der Waals surface area (Å²) in [6.07, 6.45) is 2.24. The van der Waals surface area contributed by atoms with Crippen molar-refractivity contribution in [2.75, 3.05) is 18.0 Å². The Morgan fingerprint density at radius 3 is 2.93 bits per heavy atom. The Kier molecular flexibility index (Phi) is 4.71. The van der Waals surface area contributed by atoms with Gasteiger partial charge in [0.05, 0.1) is 24.5 Å². The molecule has 0 bridgehead atoms. The van der Waals surface area contributed by atoms with E-state index in [1.165, 1.54) is 28.6 Å². The molecule has 0 unspecified atom stereocenters. The zero-order valence-corrected chi connectivity index (χ0v) is 15.7. The molecule has 0 saturated carbocycles. The van der Waals surface area contributed by atoms with Crippen LogP contribution in [0.3, 0.4) is 0 Å². The van der Waals surface area contributed by atoms with Gasteiger partial charge in [0.25, 0.3) is 0 Å². The Morgan fingerprint density at radius 2 is 2.24 bits per heavy atom. The third kappa shape index (κ3) is 3.53. The molecule has 1 aromatic carbocycles. The first-order chi connectivity index (χ1) is 13.9. The fraction of sp³-hybridized carbons (Fsp3) is 0.278. The lowest BCUT2D eigenvalue weighted by molar-refractivity contribution is -0.119. The van der Waals surface area contributed by atoms with E-state index in [0.717, 1.165) is 0 Å². The normalized spacial score (nSPS) is 16.2. The van der Waals surface area contributed by atoms with Gasteiger partial charge in [-0.2, -0.15) is 5.10 Å². The van der Waals surface area contributed by atoms with Crippen molar-refractivity contribution in [2.24, 2.45) is 0 Å². The van der Waals surface area contributed by atoms with Crippen molar-refractivity contribution in [2.45, 2.75) is 20.0 Å². The van der Waals surface area contributed by atoms with Crippen molar-refractivity contribution in [1.29, 1.82) is 0 Å². The number of amides is 2. The maximum Gasteiger partial charge on any atom is 0.414 e. The van der Waals surface area contributed by atoms with Crippen LogP contribution in [0.2, 0.25) is 0 Å². The van der Waals surface area contributed by atoms with Crippen LogP contribution >= 0.6 is 0 Å². The van der Waals surface area contributed by atoms with E-state index < -0.39 is 18.0 Å². The lowest BCUT2D eigenvalue weighted by Gasteiger charge is -2.14. The quantitative estimate of drug-likeness (QED) is 0.694. The number of halogens is 1. The maximum absolute atomic E-state index is 14.9. The second-order valence-electron chi connectivity index (χ2n) is 6.55. The van der Waals surface area contributed by atoms with Gasteiger partial charge in [0.2, 0.25) is 5.91 Å². The van der Waals surface area contributed by atoms with E-state index in [4.69, 9.17) is 4.74 Å². The molecule has 150 valence electrons. The fourth-order valence-corrected chi connectivity index (χ4v) is 3.09. The maximum atomic E-state index is 14.9. The Morgan fingerprint density at radius 1 is 1.41 bits per heavy atom. The Balaban J connectivity index is 1.56. The third-order valence-electron chi connectivity index (χ3n) is 4.52. The molecule has 2 amide bonds. The van der Waals surface area contributed by atoms with Gasteiger partial charge in [-0.15, -0.1) is 5.10 Å². The van der Waals surface area contributed by atoms with E-state index in [9.17, 15) is 14.0 Å². The second kappa shape index (κ2) is 7.34. The molecular formula is C18H18FN7O3. The molecule has 0 spiro atoms. The highest BCUT2D eigenvalue weighted by molar-refractivity contribution is 5.90. The minimum atomic E-state index is -0.592. The van der Waals surface area contributed by atoms with Crippen molar-refractivity contribution >= 4 is 17.7 Å². The number of anilines is 1. The molecular weight excluding hydrogens is 381 g/mol.